The molecule has 0 bridgehead atoms. The van der Waals surface area contributed by atoms with Crippen molar-refractivity contribution in [3.63, 3.8) is 0 Å². The second-order valence-electron chi connectivity index (χ2n) is 9.35. The smallest absolute Gasteiger partial charge is 0.261 e. The molecule has 33 heavy (non-hydrogen) atoms. The summed E-state index contributed by atoms with van der Waals surface area (Å²) >= 11 is 0. The maximum atomic E-state index is 13.6. The minimum atomic E-state index is -0.527. The van der Waals surface area contributed by atoms with E-state index in [1.165, 1.54) is 11.1 Å². The van der Waals surface area contributed by atoms with E-state index in [4.69, 9.17) is 4.74 Å². The van der Waals surface area contributed by atoms with E-state index in [0.29, 0.717) is 18.7 Å². The Morgan fingerprint density at radius 2 is 1.82 bits per heavy atom. The minimum absolute atomic E-state index is 0.0918. The zero-order valence-corrected chi connectivity index (χ0v) is 20.1. The molecule has 5 heteroatoms. The first-order chi connectivity index (χ1) is 16.0. The Balaban J connectivity index is 1.69. The van der Waals surface area contributed by atoms with E-state index < -0.39 is 6.10 Å². The van der Waals surface area contributed by atoms with Crippen molar-refractivity contribution in [3.8, 4) is 5.75 Å². The molecule has 0 aromatic heterocycles. The van der Waals surface area contributed by atoms with E-state index in [-0.39, 0.29) is 23.8 Å². The van der Waals surface area contributed by atoms with Crippen LogP contribution in [0.1, 0.15) is 74.2 Å². The lowest BCUT2D eigenvalue weighted by molar-refractivity contribution is -0.137. The van der Waals surface area contributed by atoms with Gasteiger partial charge in [-0.1, -0.05) is 55.7 Å². The molecule has 1 aliphatic carbocycles. The van der Waals surface area contributed by atoms with Gasteiger partial charge in [0.15, 0.2) is 6.10 Å². The van der Waals surface area contributed by atoms with Crippen molar-refractivity contribution in [1.29, 1.82) is 0 Å². The maximum Gasteiger partial charge on any atom is 0.261 e. The second kappa shape index (κ2) is 10.4. The topological polar surface area (TPSA) is 58.6 Å². The molecule has 5 nitrogen and oxygen atoms in total. The summed E-state index contributed by atoms with van der Waals surface area (Å²) in [5.74, 6) is 1.01. The van der Waals surface area contributed by atoms with E-state index in [0.717, 1.165) is 49.8 Å². The number of nitrogens with zero attached hydrogens (tertiary/aromatic N) is 1. The molecule has 1 aliphatic heterocycles. The van der Waals surface area contributed by atoms with Crippen LogP contribution in [0.3, 0.4) is 0 Å². The van der Waals surface area contributed by atoms with E-state index >= 15 is 0 Å². The molecule has 0 radical (unpaired) electrons. The number of hydrogen-bond donors (Lipinski definition) is 1. The standard InChI is InChI=1S/C28H36N2O3/c1-4-25(27(31)29-5-2)33-23-15-14-20-16-17-30(28(32)22-8-6-7-9-22)26(24(20)18-23)21-12-10-19(3)11-13-21/h10-15,18,22,25-26H,4-9,16-17H2,1-3H3,(H,29,31)/t25-,26-/m1/s1. The molecule has 2 aromatic carbocycles. The Hall–Kier alpha value is -2.82. The molecule has 1 N–H and O–H groups in total. The monoisotopic (exact) mass is 448 g/mol. The van der Waals surface area contributed by atoms with Crippen LogP contribution in [0.15, 0.2) is 42.5 Å². The molecule has 2 amide bonds. The molecule has 1 saturated carbocycles. The zero-order valence-electron chi connectivity index (χ0n) is 20.1. The van der Waals surface area contributed by atoms with E-state index in [1.807, 2.05) is 19.9 Å². The molecule has 4 rings (SSSR count). The Morgan fingerprint density at radius 1 is 1.09 bits per heavy atom. The van der Waals surface area contributed by atoms with Crippen molar-refractivity contribution in [1.82, 2.24) is 10.2 Å². The summed E-state index contributed by atoms with van der Waals surface area (Å²) < 4.78 is 6.13. The summed E-state index contributed by atoms with van der Waals surface area (Å²) in [6, 6.07) is 14.5. The molecule has 0 saturated heterocycles. The van der Waals surface area contributed by atoms with Gasteiger partial charge < -0.3 is 15.0 Å². The highest BCUT2D eigenvalue weighted by Crippen LogP contribution is 2.40. The molecule has 0 unspecified atom stereocenters. The number of carbonyl (C=O) groups excluding carboxylic acids is 2. The van der Waals surface area contributed by atoms with Crippen molar-refractivity contribution in [2.45, 2.75) is 71.4 Å². The molecule has 1 heterocycles. The number of hydrogen-bond acceptors (Lipinski definition) is 3. The lowest BCUT2D eigenvalue weighted by atomic mass is 9.86. The van der Waals surface area contributed by atoms with Crippen molar-refractivity contribution >= 4 is 11.8 Å². The Labute approximate surface area is 197 Å². The Bertz CT molecular complexity index is 979. The van der Waals surface area contributed by atoms with Crippen LogP contribution in [0.25, 0.3) is 0 Å². The first kappa shape index (κ1) is 23.3. The van der Waals surface area contributed by atoms with Crippen LogP contribution in [0, 0.1) is 12.8 Å². The van der Waals surface area contributed by atoms with Gasteiger partial charge in [0.2, 0.25) is 5.91 Å². The van der Waals surface area contributed by atoms with Gasteiger partial charge in [0.25, 0.3) is 5.91 Å². The van der Waals surface area contributed by atoms with E-state index in [9.17, 15) is 9.59 Å². The number of ether oxygens (including phenoxy) is 1. The predicted octanol–water partition coefficient (Wildman–Crippen LogP) is 4.95. The highest BCUT2D eigenvalue weighted by atomic mass is 16.5. The summed E-state index contributed by atoms with van der Waals surface area (Å²) in [5, 5.41) is 2.86. The van der Waals surface area contributed by atoms with Crippen molar-refractivity contribution in [2.75, 3.05) is 13.1 Å². The van der Waals surface area contributed by atoms with Crippen molar-refractivity contribution in [3.05, 3.63) is 64.7 Å². The third-order valence-electron chi connectivity index (χ3n) is 7.02. The van der Waals surface area contributed by atoms with Gasteiger partial charge >= 0.3 is 0 Å². The zero-order chi connectivity index (χ0) is 23.4. The summed E-state index contributed by atoms with van der Waals surface area (Å²) in [6.07, 6.45) is 5.19. The van der Waals surface area contributed by atoms with Gasteiger partial charge in [0.1, 0.15) is 5.75 Å². The number of carbonyl (C=O) groups is 2. The van der Waals surface area contributed by atoms with Gasteiger partial charge in [-0.25, -0.2) is 0 Å². The lowest BCUT2D eigenvalue weighted by Crippen LogP contribution is -2.43. The molecular weight excluding hydrogens is 412 g/mol. The van der Waals surface area contributed by atoms with Gasteiger partial charge in [-0.05, 0) is 68.4 Å². The van der Waals surface area contributed by atoms with Crippen LogP contribution in [0.2, 0.25) is 0 Å². The van der Waals surface area contributed by atoms with E-state index in [1.54, 1.807) is 0 Å². The molecule has 2 aliphatic rings. The maximum absolute atomic E-state index is 13.6. The number of likely N-dealkylation sites (N-methyl/N-ethyl adjacent to an activating group) is 1. The third kappa shape index (κ3) is 5.07. The number of nitrogens with one attached hydrogen (secondary N) is 1. The van der Waals surface area contributed by atoms with Crippen molar-refractivity contribution in [2.24, 2.45) is 5.92 Å². The number of rotatable bonds is 7. The predicted molar refractivity (Wildman–Crippen MR) is 130 cm³/mol. The SMILES string of the molecule is CCNC(=O)[C@@H](CC)Oc1ccc2c(c1)[C@@H](c1ccc(C)cc1)N(C(=O)C1CCCC1)CC2. The van der Waals surface area contributed by atoms with Gasteiger partial charge in [-0.15, -0.1) is 0 Å². The van der Waals surface area contributed by atoms with Crippen LogP contribution in [-0.4, -0.2) is 35.9 Å². The molecule has 2 aromatic rings. The van der Waals surface area contributed by atoms with Crippen LogP contribution in [-0.2, 0) is 16.0 Å². The number of benzene rings is 2. The largest absolute Gasteiger partial charge is 0.481 e. The van der Waals surface area contributed by atoms with Crippen LogP contribution < -0.4 is 10.1 Å². The fourth-order valence-electron chi connectivity index (χ4n) is 5.19. The number of amides is 2. The normalized spacial score (nSPS) is 19.1. The average Bonchev–Trinajstić information content (AvgIpc) is 3.37. The lowest BCUT2D eigenvalue weighted by Gasteiger charge is -2.39. The molecule has 176 valence electrons. The second-order valence-corrected chi connectivity index (χ2v) is 9.35. The fraction of sp³-hybridized carbons (Fsp3) is 0.500. The first-order valence-corrected chi connectivity index (χ1v) is 12.5. The third-order valence-corrected chi connectivity index (χ3v) is 7.02. The summed E-state index contributed by atoms with van der Waals surface area (Å²) in [7, 11) is 0. The Morgan fingerprint density at radius 3 is 2.48 bits per heavy atom. The molecule has 0 spiro atoms. The number of fused-ring (bicyclic) bond motifs is 1. The Kier molecular flexibility index (Phi) is 7.36. The summed E-state index contributed by atoms with van der Waals surface area (Å²) in [5.41, 5.74) is 4.68. The first-order valence-electron chi connectivity index (χ1n) is 12.5. The quantitative estimate of drug-likeness (QED) is 0.652. The molecular formula is C28H36N2O3. The number of aryl methyl sites for hydroxylation is 1. The summed E-state index contributed by atoms with van der Waals surface area (Å²) in [6.45, 7) is 7.26. The van der Waals surface area contributed by atoms with Gasteiger partial charge in [-0.3, -0.25) is 9.59 Å². The highest BCUT2D eigenvalue weighted by Gasteiger charge is 2.36. The van der Waals surface area contributed by atoms with Crippen LogP contribution in [0.4, 0.5) is 0 Å². The van der Waals surface area contributed by atoms with Gasteiger partial charge in [-0.2, -0.15) is 0 Å². The average molecular weight is 449 g/mol. The van der Waals surface area contributed by atoms with E-state index in [2.05, 4.69) is 53.5 Å². The fourth-order valence-corrected chi connectivity index (χ4v) is 5.19. The summed E-state index contributed by atoms with van der Waals surface area (Å²) in [4.78, 5) is 28.0. The highest BCUT2D eigenvalue weighted by molar-refractivity contribution is 5.81. The van der Waals surface area contributed by atoms with Crippen LogP contribution in [0.5, 0.6) is 5.75 Å². The van der Waals surface area contributed by atoms with Gasteiger partial charge in [0, 0.05) is 19.0 Å². The van der Waals surface area contributed by atoms with Crippen molar-refractivity contribution < 1.29 is 14.3 Å². The van der Waals surface area contributed by atoms with Gasteiger partial charge in [0.05, 0.1) is 6.04 Å². The molecule has 2 atom stereocenters. The van der Waals surface area contributed by atoms with Crippen LogP contribution >= 0.6 is 0 Å². The molecule has 1 fully saturated rings. The minimum Gasteiger partial charge on any atom is -0.481 e.